The molecule has 0 aromatic rings. The van der Waals surface area contributed by atoms with E-state index in [9.17, 15) is 0 Å². The molecule has 2 aliphatic rings. The molecule has 0 atom stereocenters. The summed E-state index contributed by atoms with van der Waals surface area (Å²) < 4.78 is 0. The van der Waals surface area contributed by atoms with Gasteiger partial charge in [-0.1, -0.05) is 39.5 Å². The van der Waals surface area contributed by atoms with Crippen molar-refractivity contribution in [3.63, 3.8) is 0 Å². The Morgan fingerprint density at radius 3 is 1.57 bits per heavy atom. The molecule has 0 bridgehead atoms. The Bertz CT molecular complexity index is 370. The van der Waals surface area contributed by atoms with Gasteiger partial charge in [0.1, 0.15) is 0 Å². The van der Waals surface area contributed by atoms with Crippen LogP contribution in [-0.2, 0) is 65.4 Å². The molecule has 28 heavy (non-hydrogen) atoms. The molecule has 0 N–H and O–H groups in total. The normalized spacial score (nSPS) is 15.8. The number of rotatable bonds is 6. The first-order valence-electron chi connectivity index (χ1n) is 10.4. The Balaban J connectivity index is -0.000000172. The summed E-state index contributed by atoms with van der Waals surface area (Å²) in [5.74, 6) is 10.3. The fourth-order valence-corrected chi connectivity index (χ4v) is 3.27. The zero-order chi connectivity index (χ0) is 18.6. The molecule has 0 aliphatic carbocycles. The second-order valence-corrected chi connectivity index (χ2v) is 6.62. The van der Waals surface area contributed by atoms with Gasteiger partial charge in [-0.2, -0.15) is 0 Å². The van der Waals surface area contributed by atoms with Crippen LogP contribution in [0.3, 0.4) is 0 Å². The summed E-state index contributed by atoms with van der Waals surface area (Å²) in [6.45, 7) is 10.3. The van der Waals surface area contributed by atoms with Crippen molar-refractivity contribution in [2.75, 3.05) is 26.2 Å². The molecule has 2 saturated heterocycles. The molecule has 0 amide bonds. The van der Waals surface area contributed by atoms with E-state index < -0.39 is 0 Å². The number of unbranched alkanes of at least 4 members (excludes halogenated alkanes) is 2. The maximum absolute atomic E-state index is 6.75. The third-order valence-corrected chi connectivity index (χ3v) is 4.79. The van der Waals surface area contributed by atoms with Crippen molar-refractivity contribution in [1.82, 2.24) is 0 Å². The third kappa shape index (κ3) is 23.5. The van der Waals surface area contributed by atoms with Gasteiger partial charge in [-0.3, -0.25) is 0 Å². The van der Waals surface area contributed by atoms with Crippen LogP contribution < -0.4 is 0 Å². The predicted octanol–water partition coefficient (Wildman–Crippen LogP) is 6.97. The van der Waals surface area contributed by atoms with Crippen LogP contribution in [0, 0.1) is 43.4 Å². The first-order chi connectivity index (χ1) is 12.4. The van der Waals surface area contributed by atoms with Crippen LogP contribution in [0.2, 0.25) is 0 Å². The molecule has 0 saturated carbocycles. The Hall–Kier alpha value is 1.25. The van der Waals surface area contributed by atoms with Crippen LogP contribution in [0.15, 0.2) is 0 Å². The van der Waals surface area contributed by atoms with Crippen molar-refractivity contribution in [1.29, 1.82) is 0 Å². The van der Waals surface area contributed by atoms with Gasteiger partial charge in [-0.05, 0) is 50.9 Å². The first-order valence-corrected chi connectivity index (χ1v) is 10.4. The van der Waals surface area contributed by atoms with Crippen molar-refractivity contribution in [2.45, 2.75) is 85.0 Å². The first kappa shape index (κ1) is 36.6. The van der Waals surface area contributed by atoms with Gasteiger partial charge >= 0.3 is 32.7 Å². The van der Waals surface area contributed by atoms with E-state index in [0.717, 1.165) is 57.3 Å². The third-order valence-electron chi connectivity index (χ3n) is 4.79. The summed E-state index contributed by atoms with van der Waals surface area (Å²) in [5.41, 5.74) is 0. The number of hydrogen-bond donors (Lipinski definition) is 0. The van der Waals surface area contributed by atoms with Crippen LogP contribution >= 0.6 is 0 Å². The van der Waals surface area contributed by atoms with Gasteiger partial charge in [0.05, 0.1) is 0 Å². The fraction of sp³-hybridized carbons (Fsp3) is 0.792. The second-order valence-electron chi connectivity index (χ2n) is 6.62. The molecule has 0 aromatic carbocycles. The van der Waals surface area contributed by atoms with E-state index in [1.54, 1.807) is 0 Å². The average Bonchev–Trinajstić information content (AvgIpc) is 2.69. The van der Waals surface area contributed by atoms with Crippen molar-refractivity contribution in [3.05, 3.63) is 24.5 Å². The molecule has 2 nitrogen and oxygen atoms in total. The molecule has 0 aromatic heterocycles. The predicted molar refractivity (Wildman–Crippen MR) is 118 cm³/mol. The van der Waals surface area contributed by atoms with E-state index in [4.69, 9.17) is 6.42 Å². The zero-order valence-electron chi connectivity index (χ0n) is 19.1. The minimum absolute atomic E-state index is 0. The Morgan fingerprint density at radius 1 is 0.821 bits per heavy atom. The minimum Gasteiger partial charge on any atom is -0.694 e. The molecular weight excluding hydrogens is 494 g/mol. The standard InChI is InChI=1S/C11H18N.C10H15N.C2H6.CH3.2Y/c1-2-3-4-5-6-11-7-9-12-10-8-11;1-2-3-4-5-10-6-8-11-9-7-10;1-2;;;/h11H,4-10H2,1H3;10H,3-9H2;1-2H3;1H3;;/q-1;-2;;-1;;+3. The summed E-state index contributed by atoms with van der Waals surface area (Å²) in [6.07, 6.45) is 18.9. The van der Waals surface area contributed by atoms with Crippen LogP contribution in [0.25, 0.3) is 10.6 Å². The molecule has 2 fully saturated rings. The topological polar surface area (TPSA) is 28.2 Å². The molecule has 2 aliphatic heterocycles. The van der Waals surface area contributed by atoms with Crippen molar-refractivity contribution in [2.24, 2.45) is 11.8 Å². The van der Waals surface area contributed by atoms with Crippen molar-refractivity contribution < 1.29 is 65.4 Å². The van der Waals surface area contributed by atoms with Crippen molar-refractivity contribution >= 4 is 0 Å². The average molecular weight is 536 g/mol. The molecule has 1 radical (unpaired) electrons. The van der Waals surface area contributed by atoms with Gasteiger partial charge in [0.25, 0.3) is 0 Å². The van der Waals surface area contributed by atoms with Gasteiger partial charge in [0.15, 0.2) is 0 Å². The summed E-state index contributed by atoms with van der Waals surface area (Å²) in [6, 6.07) is 0. The maximum atomic E-state index is 6.75. The number of nitrogens with zero attached hydrogens (tertiary/aromatic N) is 2. The van der Waals surface area contributed by atoms with E-state index in [1.165, 1.54) is 44.9 Å². The Labute approximate surface area is 228 Å². The number of piperidine rings is 2. The summed E-state index contributed by atoms with van der Waals surface area (Å²) in [4.78, 5) is 0. The molecule has 0 spiro atoms. The SMILES string of the molecule is CC.CC#CCCCC1CC[N-]CC1.[C-]#CCCCC1CC[N-]CC1.[CH3-].[Y+3].[Y]. The van der Waals surface area contributed by atoms with E-state index in [0.29, 0.717) is 0 Å². The largest absolute Gasteiger partial charge is 3.00 e. The molecule has 4 heteroatoms. The molecule has 155 valence electrons. The van der Waals surface area contributed by atoms with E-state index >= 15 is 0 Å². The minimum atomic E-state index is 0. The fourth-order valence-electron chi connectivity index (χ4n) is 3.27. The van der Waals surface area contributed by atoms with Crippen LogP contribution in [0.1, 0.15) is 85.0 Å². The smallest absolute Gasteiger partial charge is 0.694 e. The van der Waals surface area contributed by atoms with Crippen LogP contribution in [0.5, 0.6) is 0 Å². The Kier molecular flexibility index (Phi) is 39.8. The van der Waals surface area contributed by atoms with Gasteiger partial charge in [0.2, 0.25) is 0 Å². The summed E-state index contributed by atoms with van der Waals surface area (Å²) >= 11 is 0. The van der Waals surface area contributed by atoms with E-state index in [-0.39, 0.29) is 72.8 Å². The monoisotopic (exact) mass is 536 g/mol. The van der Waals surface area contributed by atoms with Crippen LogP contribution in [-0.4, -0.2) is 26.2 Å². The molecule has 2 rings (SSSR count). The zero-order valence-corrected chi connectivity index (χ0v) is 24.8. The summed E-state index contributed by atoms with van der Waals surface area (Å²) in [5, 5.41) is 8.65. The number of hydrogen-bond acceptors (Lipinski definition) is 0. The van der Waals surface area contributed by atoms with Crippen LogP contribution in [0.4, 0.5) is 0 Å². The maximum Gasteiger partial charge on any atom is 3.00 e. The second kappa shape index (κ2) is 30.4. The van der Waals surface area contributed by atoms with Gasteiger partial charge in [0, 0.05) is 39.1 Å². The quantitative estimate of drug-likeness (QED) is 0.199. The van der Waals surface area contributed by atoms with E-state index in [1.807, 2.05) is 20.8 Å². The van der Waals surface area contributed by atoms with E-state index in [2.05, 4.69) is 28.4 Å². The van der Waals surface area contributed by atoms with Gasteiger partial charge in [-0.15, -0.1) is 38.0 Å². The van der Waals surface area contributed by atoms with Crippen molar-refractivity contribution in [3.8, 4) is 17.8 Å². The summed E-state index contributed by atoms with van der Waals surface area (Å²) in [7, 11) is 0. The Morgan fingerprint density at radius 2 is 1.21 bits per heavy atom. The molecular formula is C24H42N2Y2-. The molecule has 0 unspecified atom stereocenters. The van der Waals surface area contributed by atoms with Gasteiger partial charge < -0.3 is 30.4 Å². The molecule has 2 heterocycles. The van der Waals surface area contributed by atoms with Gasteiger partial charge in [-0.25, -0.2) is 0 Å².